The van der Waals surface area contributed by atoms with Gasteiger partial charge in [0.05, 0.1) is 12.1 Å². The second kappa shape index (κ2) is 8.46. The van der Waals surface area contributed by atoms with Gasteiger partial charge in [0.25, 0.3) is 0 Å². The van der Waals surface area contributed by atoms with Crippen LogP contribution in [0.3, 0.4) is 0 Å². The number of carbonyl (C=O) groups is 2. The number of fused-ring (bicyclic) bond motifs is 1. The summed E-state index contributed by atoms with van der Waals surface area (Å²) in [5.41, 5.74) is 0.304. The third-order valence-electron chi connectivity index (χ3n) is 4.91. The number of ether oxygens (including phenoxy) is 4. The molecule has 1 aromatic rings. The summed E-state index contributed by atoms with van der Waals surface area (Å²) < 4.78 is 21.8. The van der Waals surface area contributed by atoms with Crippen molar-refractivity contribution in [2.24, 2.45) is 0 Å². The first-order valence-corrected chi connectivity index (χ1v) is 10.2. The molecular weight excluding hydrogens is 386 g/mol. The van der Waals surface area contributed by atoms with Crippen molar-refractivity contribution >= 4 is 12.2 Å². The SMILES string of the molecule is CO[C@H]1Cc2ccc(OC(=O)OC(C)(C)C)cc2C(C)(C)[C@@H]1NC(=O)OC(C)(C)C. The largest absolute Gasteiger partial charge is 0.514 e. The Labute approximate surface area is 179 Å². The maximum atomic E-state index is 12.5. The predicted octanol–water partition coefficient (Wildman–Crippen LogP) is 4.74. The number of methoxy groups -OCH3 is 1. The van der Waals surface area contributed by atoms with Gasteiger partial charge in [-0.05, 0) is 64.8 Å². The highest BCUT2D eigenvalue weighted by molar-refractivity contribution is 5.69. The first-order valence-electron chi connectivity index (χ1n) is 10.2. The fraction of sp³-hybridized carbons (Fsp3) is 0.652. The van der Waals surface area contributed by atoms with Gasteiger partial charge in [0, 0.05) is 18.9 Å². The quantitative estimate of drug-likeness (QED) is 0.560. The molecule has 0 bridgehead atoms. The molecule has 1 aliphatic rings. The van der Waals surface area contributed by atoms with Crippen LogP contribution in [0.15, 0.2) is 18.2 Å². The van der Waals surface area contributed by atoms with Crippen LogP contribution in [0.5, 0.6) is 5.75 Å². The van der Waals surface area contributed by atoms with Gasteiger partial charge in [-0.2, -0.15) is 0 Å². The molecule has 7 nitrogen and oxygen atoms in total. The van der Waals surface area contributed by atoms with Crippen molar-refractivity contribution in [2.45, 2.75) is 90.6 Å². The first kappa shape index (κ1) is 24.0. The molecule has 1 aromatic carbocycles. The van der Waals surface area contributed by atoms with E-state index < -0.39 is 28.9 Å². The standard InChI is InChI=1S/C23H35NO6/c1-21(2,3)29-19(25)24-18-17(27-9)12-14-10-11-15(13-16(14)23(18,7)8)28-20(26)30-22(4,5)6/h10-11,13,17-18H,12H2,1-9H3,(H,24,25)/t17-,18+/m0/s1. The van der Waals surface area contributed by atoms with E-state index in [1.165, 1.54) is 0 Å². The number of rotatable bonds is 3. The van der Waals surface area contributed by atoms with E-state index >= 15 is 0 Å². The third kappa shape index (κ3) is 6.11. The molecule has 0 unspecified atom stereocenters. The summed E-state index contributed by atoms with van der Waals surface area (Å²) in [7, 11) is 1.63. The molecule has 168 valence electrons. The molecule has 0 spiro atoms. The molecule has 0 saturated heterocycles. The van der Waals surface area contributed by atoms with E-state index in [2.05, 4.69) is 5.32 Å². The fourth-order valence-corrected chi connectivity index (χ4v) is 3.66. The van der Waals surface area contributed by atoms with Gasteiger partial charge in [0.1, 0.15) is 17.0 Å². The second-order valence-corrected chi connectivity index (χ2v) is 10.2. The number of nitrogens with one attached hydrogen (secondary N) is 1. The minimum Gasteiger partial charge on any atom is -0.444 e. The number of carbonyl (C=O) groups excluding carboxylic acids is 2. The van der Waals surface area contributed by atoms with E-state index in [1.807, 2.05) is 46.8 Å². The lowest BCUT2D eigenvalue weighted by atomic mass is 9.68. The zero-order chi connectivity index (χ0) is 22.9. The van der Waals surface area contributed by atoms with Gasteiger partial charge in [0.15, 0.2) is 0 Å². The Bertz CT molecular complexity index is 788. The van der Waals surface area contributed by atoms with E-state index in [4.69, 9.17) is 18.9 Å². The third-order valence-corrected chi connectivity index (χ3v) is 4.91. The van der Waals surface area contributed by atoms with Crippen LogP contribution in [0.25, 0.3) is 0 Å². The molecule has 2 atom stereocenters. The van der Waals surface area contributed by atoms with Crippen molar-refractivity contribution in [1.82, 2.24) is 5.32 Å². The van der Waals surface area contributed by atoms with E-state index in [0.29, 0.717) is 12.2 Å². The van der Waals surface area contributed by atoms with Gasteiger partial charge in [-0.3, -0.25) is 0 Å². The number of alkyl carbamates (subject to hydrolysis) is 1. The highest BCUT2D eigenvalue weighted by atomic mass is 16.7. The summed E-state index contributed by atoms with van der Waals surface area (Å²) >= 11 is 0. The Kier molecular flexibility index (Phi) is 6.76. The molecule has 1 N–H and O–H groups in total. The second-order valence-electron chi connectivity index (χ2n) is 10.2. The van der Waals surface area contributed by atoms with Gasteiger partial charge in [-0.1, -0.05) is 19.9 Å². The summed E-state index contributed by atoms with van der Waals surface area (Å²) in [6.45, 7) is 14.9. The van der Waals surface area contributed by atoms with Gasteiger partial charge in [-0.25, -0.2) is 9.59 Å². The average Bonchev–Trinajstić information content (AvgIpc) is 2.54. The van der Waals surface area contributed by atoms with Crippen molar-refractivity contribution in [3.05, 3.63) is 29.3 Å². The number of benzene rings is 1. The lowest BCUT2D eigenvalue weighted by Crippen LogP contribution is -2.58. The molecule has 2 rings (SSSR count). The smallest absolute Gasteiger partial charge is 0.444 e. The van der Waals surface area contributed by atoms with Crippen LogP contribution in [0, 0.1) is 0 Å². The van der Waals surface area contributed by atoms with Crippen LogP contribution in [0.1, 0.15) is 66.5 Å². The summed E-state index contributed by atoms with van der Waals surface area (Å²) in [6, 6.07) is 5.16. The summed E-state index contributed by atoms with van der Waals surface area (Å²) in [5.74, 6) is 0.392. The van der Waals surface area contributed by atoms with E-state index in [9.17, 15) is 9.59 Å². The molecule has 0 aromatic heterocycles. The minimum absolute atomic E-state index is 0.224. The lowest BCUT2D eigenvalue weighted by molar-refractivity contribution is 0.0154. The van der Waals surface area contributed by atoms with Crippen molar-refractivity contribution < 1.29 is 28.5 Å². The lowest BCUT2D eigenvalue weighted by Gasteiger charge is -2.45. The highest BCUT2D eigenvalue weighted by Gasteiger charge is 2.44. The molecule has 0 aliphatic heterocycles. The Morgan fingerprint density at radius 2 is 1.63 bits per heavy atom. The number of hydrogen-bond acceptors (Lipinski definition) is 6. The van der Waals surface area contributed by atoms with Crippen LogP contribution in [-0.2, 0) is 26.0 Å². The molecule has 0 radical (unpaired) electrons. The number of hydrogen-bond donors (Lipinski definition) is 1. The minimum atomic E-state index is -0.755. The predicted molar refractivity (Wildman–Crippen MR) is 114 cm³/mol. The molecule has 7 heteroatoms. The number of amides is 1. The normalized spacial score (nSPS) is 20.7. The van der Waals surface area contributed by atoms with Crippen LogP contribution >= 0.6 is 0 Å². The van der Waals surface area contributed by atoms with Crippen LogP contribution < -0.4 is 10.1 Å². The average molecular weight is 422 g/mol. The fourth-order valence-electron chi connectivity index (χ4n) is 3.66. The van der Waals surface area contributed by atoms with Gasteiger partial charge < -0.3 is 24.3 Å². The maximum Gasteiger partial charge on any atom is 0.514 e. The van der Waals surface area contributed by atoms with E-state index in [1.54, 1.807) is 33.9 Å². The van der Waals surface area contributed by atoms with Crippen molar-refractivity contribution in [3.63, 3.8) is 0 Å². The molecule has 0 heterocycles. The van der Waals surface area contributed by atoms with E-state index in [0.717, 1.165) is 11.1 Å². The van der Waals surface area contributed by atoms with Crippen LogP contribution in [0.2, 0.25) is 0 Å². The van der Waals surface area contributed by atoms with Gasteiger partial charge >= 0.3 is 12.2 Å². The summed E-state index contributed by atoms with van der Waals surface area (Å²) in [4.78, 5) is 24.5. The Hall–Kier alpha value is -2.28. The van der Waals surface area contributed by atoms with E-state index in [-0.39, 0.29) is 12.1 Å². The Morgan fingerprint density at radius 1 is 1.03 bits per heavy atom. The zero-order valence-corrected chi connectivity index (χ0v) is 19.5. The molecule has 1 aliphatic carbocycles. The summed E-state index contributed by atoms with van der Waals surface area (Å²) in [6.07, 6.45) is -0.859. The first-order chi connectivity index (χ1) is 13.6. The van der Waals surface area contributed by atoms with Gasteiger partial charge in [0.2, 0.25) is 0 Å². The van der Waals surface area contributed by atoms with Crippen molar-refractivity contribution in [3.8, 4) is 5.75 Å². The molecule has 1 amide bonds. The zero-order valence-electron chi connectivity index (χ0n) is 19.5. The van der Waals surface area contributed by atoms with Gasteiger partial charge in [-0.15, -0.1) is 0 Å². The monoisotopic (exact) mass is 421 g/mol. The molecule has 0 saturated carbocycles. The topological polar surface area (TPSA) is 83.1 Å². The summed E-state index contributed by atoms with van der Waals surface area (Å²) in [5, 5.41) is 2.98. The van der Waals surface area contributed by atoms with Crippen molar-refractivity contribution in [1.29, 1.82) is 0 Å². The molecular formula is C23H35NO6. The maximum absolute atomic E-state index is 12.5. The molecule has 0 fully saturated rings. The molecule has 30 heavy (non-hydrogen) atoms. The van der Waals surface area contributed by atoms with Crippen LogP contribution in [-0.4, -0.2) is 42.7 Å². The highest BCUT2D eigenvalue weighted by Crippen LogP contribution is 2.40. The Morgan fingerprint density at radius 3 is 2.17 bits per heavy atom. The van der Waals surface area contributed by atoms with Crippen molar-refractivity contribution in [2.75, 3.05) is 7.11 Å². The Balaban J connectivity index is 2.29. The van der Waals surface area contributed by atoms with Crippen LogP contribution in [0.4, 0.5) is 9.59 Å².